The van der Waals surface area contributed by atoms with Crippen LogP contribution < -0.4 is 0 Å². The largest absolute Gasteiger partial charge is 0.521 e. The highest BCUT2D eigenvalue weighted by atomic mass is 32.2. The van der Waals surface area contributed by atoms with Crippen LogP contribution in [0.4, 0.5) is 4.79 Å². The second-order valence-corrected chi connectivity index (χ2v) is 9.75. The van der Waals surface area contributed by atoms with Gasteiger partial charge in [-0.2, -0.15) is 33.7 Å². The van der Waals surface area contributed by atoms with Crippen molar-refractivity contribution in [2.75, 3.05) is 18.1 Å². The Balaban J connectivity index is 1.97. The number of benzene rings is 1. The second-order valence-electron chi connectivity index (χ2n) is 7.98. The van der Waals surface area contributed by atoms with Gasteiger partial charge in [-0.1, -0.05) is 38.1 Å². The number of hydrogen-bond donors (Lipinski definition) is 2. The van der Waals surface area contributed by atoms with Gasteiger partial charge in [0, 0.05) is 12.2 Å². The number of likely N-dealkylation sites (tertiary alicyclic amines) is 1. The molecule has 0 spiro atoms. The molecule has 150 valence electrons. The van der Waals surface area contributed by atoms with Gasteiger partial charge in [0.05, 0.1) is 11.2 Å². The van der Waals surface area contributed by atoms with Crippen LogP contribution in [0, 0.1) is 5.92 Å². The molecule has 1 aromatic carbocycles. The Kier molecular flexibility index (Phi) is 7.83. The van der Waals surface area contributed by atoms with E-state index >= 15 is 0 Å². The Morgan fingerprint density at radius 1 is 1.26 bits per heavy atom. The molecule has 2 rings (SSSR count). The van der Waals surface area contributed by atoms with Crippen molar-refractivity contribution in [2.45, 2.75) is 57.7 Å². The van der Waals surface area contributed by atoms with Crippen LogP contribution in [0.1, 0.15) is 51.2 Å². The average Bonchev–Trinajstić information content (AvgIpc) is 2.98. The Bertz CT molecular complexity index is 662. The van der Waals surface area contributed by atoms with Gasteiger partial charge in [-0.3, -0.25) is 0 Å². The van der Waals surface area contributed by atoms with Crippen LogP contribution in [0.3, 0.4) is 0 Å². The Morgan fingerprint density at radius 2 is 1.89 bits per heavy atom. The van der Waals surface area contributed by atoms with Gasteiger partial charge in [0.1, 0.15) is 12.6 Å². The minimum Gasteiger partial charge on any atom is -0.435 e. The number of thioether (sulfide) groups is 1. The maximum absolute atomic E-state index is 12.8. The highest BCUT2D eigenvalue weighted by Crippen LogP contribution is 2.36. The molecule has 1 saturated heterocycles. The van der Waals surface area contributed by atoms with E-state index < -0.39 is 10.6 Å². The summed E-state index contributed by atoms with van der Waals surface area (Å²) in [5.41, 5.74) is 2.65. The van der Waals surface area contributed by atoms with Crippen LogP contribution in [0.25, 0.3) is 0 Å². The summed E-state index contributed by atoms with van der Waals surface area (Å²) in [6, 6.07) is 8.55. The summed E-state index contributed by atoms with van der Waals surface area (Å²) in [4.78, 5) is 24.9. The molecule has 6 heteroatoms. The number of quaternary nitrogens is 1. The van der Waals surface area contributed by atoms with Crippen LogP contribution in [0.2, 0.25) is 0 Å². The zero-order chi connectivity index (χ0) is 20.2. The predicted octanol–water partition coefficient (Wildman–Crippen LogP) is 4.83. The third kappa shape index (κ3) is 4.90. The normalized spacial score (nSPS) is 26.3. The first-order chi connectivity index (χ1) is 12.7. The van der Waals surface area contributed by atoms with Crippen molar-refractivity contribution in [3.8, 4) is 0 Å². The molecule has 1 N–H and O–H groups in total. The van der Waals surface area contributed by atoms with Gasteiger partial charge in [0.15, 0.2) is 0 Å². The zero-order valence-electron chi connectivity index (χ0n) is 16.7. The van der Waals surface area contributed by atoms with Crippen molar-refractivity contribution in [3.63, 3.8) is 0 Å². The SMILES string of the molecule is CC(C)c1ccc(CCS[C@H]2CC(C)[N+](C(=O)O)(C(=O)[C@H](C)CS)C2)cc1. The van der Waals surface area contributed by atoms with Crippen molar-refractivity contribution < 1.29 is 19.2 Å². The summed E-state index contributed by atoms with van der Waals surface area (Å²) in [5, 5.41) is 10.1. The lowest BCUT2D eigenvalue weighted by Gasteiger charge is -2.31. The van der Waals surface area contributed by atoms with Gasteiger partial charge in [0.2, 0.25) is 0 Å². The zero-order valence-corrected chi connectivity index (χ0v) is 18.4. The van der Waals surface area contributed by atoms with Crippen LogP contribution in [-0.2, 0) is 11.2 Å². The van der Waals surface area contributed by atoms with E-state index in [9.17, 15) is 14.7 Å². The quantitative estimate of drug-likeness (QED) is 0.499. The van der Waals surface area contributed by atoms with Crippen molar-refractivity contribution in [3.05, 3.63) is 35.4 Å². The first-order valence-electron chi connectivity index (χ1n) is 9.69. The summed E-state index contributed by atoms with van der Waals surface area (Å²) in [7, 11) is 0. The maximum Gasteiger partial charge on any atom is 0.521 e. The molecule has 2 amide bonds. The van der Waals surface area contributed by atoms with E-state index in [1.807, 2.05) is 6.92 Å². The van der Waals surface area contributed by atoms with Gasteiger partial charge in [0.25, 0.3) is 0 Å². The third-order valence-electron chi connectivity index (χ3n) is 5.67. The van der Waals surface area contributed by atoms with Crippen molar-refractivity contribution in [2.24, 2.45) is 5.92 Å². The average molecular weight is 411 g/mol. The molecule has 1 aromatic rings. The number of imide groups is 1. The molecule has 0 saturated carbocycles. The third-order valence-corrected chi connectivity index (χ3v) is 7.47. The number of nitrogens with zero attached hydrogens (tertiary/aromatic N) is 1. The number of aryl methyl sites for hydroxylation is 1. The lowest BCUT2D eigenvalue weighted by Crippen LogP contribution is -2.60. The number of hydrogen-bond acceptors (Lipinski definition) is 4. The highest BCUT2D eigenvalue weighted by Gasteiger charge is 2.57. The molecule has 0 radical (unpaired) electrons. The Morgan fingerprint density at radius 3 is 2.41 bits per heavy atom. The fourth-order valence-electron chi connectivity index (χ4n) is 3.81. The number of carbonyl (C=O) groups is 2. The van der Waals surface area contributed by atoms with Crippen LogP contribution in [0.5, 0.6) is 0 Å². The van der Waals surface area contributed by atoms with Crippen molar-refractivity contribution in [1.82, 2.24) is 0 Å². The van der Waals surface area contributed by atoms with E-state index in [1.54, 1.807) is 18.7 Å². The lowest BCUT2D eigenvalue weighted by molar-refractivity contribution is -0.793. The van der Waals surface area contributed by atoms with Gasteiger partial charge in [-0.15, -0.1) is 0 Å². The van der Waals surface area contributed by atoms with E-state index in [4.69, 9.17) is 0 Å². The van der Waals surface area contributed by atoms with E-state index in [2.05, 4.69) is 50.7 Å². The molecule has 27 heavy (non-hydrogen) atoms. The number of rotatable bonds is 7. The second kappa shape index (κ2) is 9.48. The van der Waals surface area contributed by atoms with E-state index in [0.717, 1.165) is 18.6 Å². The van der Waals surface area contributed by atoms with E-state index in [-0.39, 0.29) is 23.1 Å². The maximum atomic E-state index is 12.8. The van der Waals surface area contributed by atoms with Gasteiger partial charge < -0.3 is 5.11 Å². The van der Waals surface area contributed by atoms with E-state index in [1.165, 1.54) is 11.1 Å². The summed E-state index contributed by atoms with van der Waals surface area (Å²) < 4.78 is -0.442. The molecular weight excluding hydrogens is 378 g/mol. The standard InChI is InChI=1S/C21H31NO3S2/c1-14(2)18-7-5-17(6-8-18)9-10-27-19-11-16(4)22(12-19,21(24)25)20(23)15(3)13-26/h5-8,14-16,19H,9-13H2,1-4H3,(H-,24,25,26)/p+1/t15-,16?,19+,22?/m1/s1. The smallest absolute Gasteiger partial charge is 0.435 e. The van der Waals surface area contributed by atoms with Crippen molar-refractivity contribution >= 4 is 36.4 Å². The molecule has 4 atom stereocenters. The van der Waals surface area contributed by atoms with Gasteiger partial charge in [-0.25, -0.2) is 4.79 Å². The van der Waals surface area contributed by atoms with E-state index in [0.29, 0.717) is 18.2 Å². The number of carboxylic acid groups (broad SMARTS) is 1. The fraction of sp³-hybridized carbons (Fsp3) is 0.619. The van der Waals surface area contributed by atoms with Crippen molar-refractivity contribution in [1.29, 1.82) is 0 Å². The van der Waals surface area contributed by atoms with Crippen LogP contribution >= 0.6 is 24.4 Å². The summed E-state index contributed by atoms with van der Waals surface area (Å²) in [5.74, 6) is 1.29. The minimum absolute atomic E-state index is 0.194. The lowest BCUT2D eigenvalue weighted by atomic mass is 10.0. The monoisotopic (exact) mass is 410 g/mol. The molecule has 0 bridgehead atoms. The topological polar surface area (TPSA) is 54.4 Å². The molecule has 0 aromatic heterocycles. The molecule has 1 heterocycles. The fourth-order valence-corrected chi connectivity index (χ4v) is 5.41. The molecule has 1 aliphatic heterocycles. The molecule has 2 unspecified atom stereocenters. The van der Waals surface area contributed by atoms with Crippen LogP contribution in [0.15, 0.2) is 24.3 Å². The summed E-state index contributed by atoms with van der Waals surface area (Å²) in [6.45, 7) is 8.42. The van der Waals surface area contributed by atoms with Gasteiger partial charge in [-0.05, 0) is 43.1 Å². The number of carbonyl (C=O) groups excluding carboxylic acids is 1. The highest BCUT2D eigenvalue weighted by molar-refractivity contribution is 7.99. The minimum atomic E-state index is -1.02. The number of thiol groups is 1. The Labute approximate surface area is 172 Å². The molecule has 4 nitrogen and oxygen atoms in total. The number of amides is 2. The molecule has 1 fully saturated rings. The van der Waals surface area contributed by atoms with Gasteiger partial charge >= 0.3 is 12.0 Å². The molecule has 1 aliphatic rings. The Hall–Kier alpha value is -0.980. The first kappa shape index (κ1) is 22.3. The van der Waals surface area contributed by atoms with Crippen LogP contribution in [-0.4, -0.2) is 50.9 Å². The summed E-state index contributed by atoms with van der Waals surface area (Å²) in [6.07, 6.45) is 0.699. The summed E-state index contributed by atoms with van der Waals surface area (Å²) >= 11 is 5.99. The molecule has 0 aliphatic carbocycles. The predicted molar refractivity (Wildman–Crippen MR) is 116 cm³/mol. The first-order valence-corrected chi connectivity index (χ1v) is 11.4. The molecular formula is C21H32NO3S2+.